The zero-order chi connectivity index (χ0) is 14.4. The molecule has 1 aliphatic heterocycles. The van der Waals surface area contributed by atoms with Crippen LogP contribution in [0.1, 0.15) is 17.7 Å². The molecule has 9 heteroatoms. The van der Waals surface area contributed by atoms with Gasteiger partial charge in [-0.1, -0.05) is 0 Å². The van der Waals surface area contributed by atoms with Gasteiger partial charge in [0.15, 0.2) is 5.82 Å². The standard InChI is InChI=1S/C10H11ClN4O3S/c1-6-8(4-12)10(14(2)13-6)15-5-7(3-9(15)16)19(11,17)18/h7H,3,5H2,1-2H3. The normalized spacial score (nSPS) is 19.8. The van der Waals surface area contributed by atoms with Gasteiger partial charge >= 0.3 is 0 Å². The highest BCUT2D eigenvalue weighted by atomic mass is 35.7. The van der Waals surface area contributed by atoms with E-state index >= 15 is 0 Å². The van der Waals surface area contributed by atoms with Gasteiger partial charge in [-0.25, -0.2) is 8.42 Å². The van der Waals surface area contributed by atoms with Crippen LogP contribution in [0.15, 0.2) is 0 Å². The van der Waals surface area contributed by atoms with Crippen molar-refractivity contribution >= 4 is 31.5 Å². The van der Waals surface area contributed by atoms with E-state index in [1.54, 1.807) is 14.0 Å². The zero-order valence-electron chi connectivity index (χ0n) is 10.3. The van der Waals surface area contributed by atoms with Crippen LogP contribution < -0.4 is 4.90 Å². The van der Waals surface area contributed by atoms with Gasteiger partial charge in [0, 0.05) is 30.7 Å². The molecule has 102 valence electrons. The number of anilines is 1. The van der Waals surface area contributed by atoms with Gasteiger partial charge in [-0.2, -0.15) is 10.4 Å². The fraction of sp³-hybridized carbons (Fsp3) is 0.500. The summed E-state index contributed by atoms with van der Waals surface area (Å²) in [5, 5.41) is 12.2. The number of carbonyl (C=O) groups is 1. The Labute approximate surface area is 114 Å². The molecule has 0 saturated carbocycles. The van der Waals surface area contributed by atoms with E-state index in [1.165, 1.54) is 9.58 Å². The smallest absolute Gasteiger partial charge is 0.237 e. The number of halogens is 1. The molecule has 2 heterocycles. The second kappa shape index (κ2) is 4.51. The Morgan fingerprint density at radius 3 is 2.63 bits per heavy atom. The maximum Gasteiger partial charge on any atom is 0.237 e. The highest BCUT2D eigenvalue weighted by molar-refractivity contribution is 8.14. The number of nitriles is 1. The summed E-state index contributed by atoms with van der Waals surface area (Å²) in [6.07, 6.45) is -0.180. The molecule has 0 spiro atoms. The van der Waals surface area contributed by atoms with Gasteiger partial charge in [-0.15, -0.1) is 0 Å². The van der Waals surface area contributed by atoms with Crippen molar-refractivity contribution < 1.29 is 13.2 Å². The van der Waals surface area contributed by atoms with E-state index in [2.05, 4.69) is 5.10 Å². The summed E-state index contributed by atoms with van der Waals surface area (Å²) in [5.74, 6) is -0.0680. The van der Waals surface area contributed by atoms with Crippen molar-refractivity contribution in [2.24, 2.45) is 7.05 Å². The summed E-state index contributed by atoms with van der Waals surface area (Å²) in [7, 11) is 3.07. The maximum absolute atomic E-state index is 11.9. The predicted molar refractivity (Wildman–Crippen MR) is 68.2 cm³/mol. The number of hydrogen-bond acceptors (Lipinski definition) is 5. The minimum absolute atomic E-state index is 0.0572. The van der Waals surface area contributed by atoms with Crippen molar-refractivity contribution in [3.8, 4) is 6.07 Å². The van der Waals surface area contributed by atoms with Crippen molar-refractivity contribution in [2.75, 3.05) is 11.4 Å². The summed E-state index contributed by atoms with van der Waals surface area (Å²) in [5.41, 5.74) is 0.758. The first-order valence-electron chi connectivity index (χ1n) is 5.43. The van der Waals surface area contributed by atoms with Crippen LogP contribution in [0.25, 0.3) is 0 Å². The second-order valence-electron chi connectivity index (χ2n) is 4.33. The first-order chi connectivity index (χ1) is 8.75. The van der Waals surface area contributed by atoms with Crippen molar-refractivity contribution in [1.29, 1.82) is 5.26 Å². The van der Waals surface area contributed by atoms with Crippen LogP contribution in [0.5, 0.6) is 0 Å². The number of rotatable bonds is 2. The molecule has 19 heavy (non-hydrogen) atoms. The first-order valence-corrected chi connectivity index (χ1v) is 7.80. The Bertz CT molecular complexity index is 688. The second-order valence-corrected chi connectivity index (χ2v) is 7.23. The van der Waals surface area contributed by atoms with E-state index in [0.29, 0.717) is 11.5 Å². The van der Waals surface area contributed by atoms with Crippen LogP contribution in [0.4, 0.5) is 5.82 Å². The molecule has 1 aliphatic rings. The maximum atomic E-state index is 11.9. The van der Waals surface area contributed by atoms with Crippen LogP contribution in [0, 0.1) is 18.3 Å². The lowest BCUT2D eigenvalue weighted by atomic mass is 10.2. The van der Waals surface area contributed by atoms with Crippen LogP contribution in [-0.2, 0) is 20.9 Å². The lowest BCUT2D eigenvalue weighted by Crippen LogP contribution is -2.29. The highest BCUT2D eigenvalue weighted by Gasteiger charge is 2.40. The van der Waals surface area contributed by atoms with Crippen LogP contribution in [-0.4, -0.2) is 35.9 Å². The monoisotopic (exact) mass is 302 g/mol. The number of carbonyl (C=O) groups excluding carboxylic acids is 1. The number of aryl methyl sites for hydroxylation is 2. The van der Waals surface area contributed by atoms with E-state index in [0.717, 1.165) is 0 Å². The average Bonchev–Trinajstić information content (AvgIpc) is 2.78. The Morgan fingerprint density at radius 1 is 1.53 bits per heavy atom. The molecular formula is C10H11ClN4O3S. The lowest BCUT2D eigenvalue weighted by molar-refractivity contribution is -0.117. The molecule has 0 bridgehead atoms. The van der Waals surface area contributed by atoms with Crippen molar-refractivity contribution in [3.63, 3.8) is 0 Å². The molecule has 2 rings (SSSR count). The van der Waals surface area contributed by atoms with E-state index in [9.17, 15) is 13.2 Å². The summed E-state index contributed by atoms with van der Waals surface area (Å²) >= 11 is 0. The molecule has 1 fully saturated rings. The van der Waals surface area contributed by atoms with E-state index in [4.69, 9.17) is 15.9 Å². The minimum atomic E-state index is -3.80. The van der Waals surface area contributed by atoms with Gasteiger partial charge in [-0.05, 0) is 6.92 Å². The molecule has 1 aromatic heterocycles. The zero-order valence-corrected chi connectivity index (χ0v) is 11.9. The topological polar surface area (TPSA) is 96.1 Å². The quantitative estimate of drug-likeness (QED) is 0.731. The van der Waals surface area contributed by atoms with Crippen molar-refractivity contribution in [2.45, 2.75) is 18.6 Å². The van der Waals surface area contributed by atoms with E-state index in [-0.39, 0.29) is 24.4 Å². The Hall–Kier alpha value is -1.59. The first kappa shape index (κ1) is 13.8. The third kappa shape index (κ3) is 2.31. The average molecular weight is 303 g/mol. The van der Waals surface area contributed by atoms with Gasteiger partial charge in [0.25, 0.3) is 0 Å². The Balaban J connectivity index is 2.45. The van der Waals surface area contributed by atoms with Gasteiger partial charge < -0.3 is 0 Å². The lowest BCUT2D eigenvalue weighted by Gasteiger charge is -2.16. The molecular weight excluding hydrogens is 292 g/mol. The molecule has 0 aromatic carbocycles. The van der Waals surface area contributed by atoms with Gasteiger partial charge in [0.1, 0.15) is 16.9 Å². The summed E-state index contributed by atoms with van der Waals surface area (Å²) < 4.78 is 24.0. The SMILES string of the molecule is Cc1nn(C)c(N2CC(S(=O)(=O)Cl)CC2=O)c1C#N. The summed E-state index contributed by atoms with van der Waals surface area (Å²) in [6.45, 7) is 1.59. The molecule has 1 aromatic rings. The molecule has 7 nitrogen and oxygen atoms in total. The van der Waals surface area contributed by atoms with Crippen LogP contribution >= 0.6 is 10.7 Å². The minimum Gasteiger partial charge on any atom is -0.295 e. The fourth-order valence-corrected chi connectivity index (χ4v) is 3.18. The molecule has 1 atom stereocenters. The predicted octanol–water partition coefficient (Wildman–Crippen LogP) is 0.274. The molecule has 0 N–H and O–H groups in total. The molecule has 1 amide bonds. The number of nitrogens with zero attached hydrogens (tertiary/aromatic N) is 4. The highest BCUT2D eigenvalue weighted by Crippen LogP contribution is 2.29. The summed E-state index contributed by atoms with van der Waals surface area (Å²) in [6, 6.07) is 1.98. The third-order valence-corrected chi connectivity index (χ3v) is 4.92. The Kier molecular flexibility index (Phi) is 3.28. The number of hydrogen-bond donors (Lipinski definition) is 0. The van der Waals surface area contributed by atoms with Crippen molar-refractivity contribution in [3.05, 3.63) is 11.3 Å². The Morgan fingerprint density at radius 2 is 2.16 bits per heavy atom. The number of amides is 1. The van der Waals surface area contributed by atoms with Gasteiger partial charge in [0.2, 0.25) is 15.0 Å². The van der Waals surface area contributed by atoms with Crippen molar-refractivity contribution in [1.82, 2.24) is 9.78 Å². The van der Waals surface area contributed by atoms with Crippen LogP contribution in [0.3, 0.4) is 0 Å². The molecule has 0 aliphatic carbocycles. The van der Waals surface area contributed by atoms with Gasteiger partial charge in [0.05, 0.1) is 5.69 Å². The van der Waals surface area contributed by atoms with E-state index in [1.807, 2.05) is 6.07 Å². The molecule has 1 unspecified atom stereocenters. The van der Waals surface area contributed by atoms with Crippen LogP contribution in [0.2, 0.25) is 0 Å². The largest absolute Gasteiger partial charge is 0.295 e. The van der Waals surface area contributed by atoms with E-state index < -0.39 is 14.3 Å². The fourth-order valence-electron chi connectivity index (χ4n) is 2.15. The number of aromatic nitrogens is 2. The van der Waals surface area contributed by atoms with Gasteiger partial charge in [-0.3, -0.25) is 14.4 Å². The third-order valence-electron chi connectivity index (χ3n) is 3.05. The molecule has 1 saturated heterocycles. The summed E-state index contributed by atoms with van der Waals surface area (Å²) in [4.78, 5) is 13.2. The molecule has 0 radical (unpaired) electrons.